The van der Waals surface area contributed by atoms with Crippen molar-refractivity contribution >= 4 is 15.9 Å². The van der Waals surface area contributed by atoms with Crippen molar-refractivity contribution in [1.29, 1.82) is 0 Å². The third-order valence-electron chi connectivity index (χ3n) is 3.10. The van der Waals surface area contributed by atoms with Crippen LogP contribution in [0.5, 0.6) is 0 Å². The molecular formula is C15H10BrF4O. The Bertz CT molecular complexity index is 667. The monoisotopic (exact) mass is 361 g/mol. The highest BCUT2D eigenvalue weighted by Crippen LogP contribution is 2.39. The highest BCUT2D eigenvalue weighted by atomic mass is 79.9. The van der Waals surface area contributed by atoms with Gasteiger partial charge in [0, 0.05) is 10.0 Å². The molecule has 0 aromatic heterocycles. The number of benzene rings is 2. The van der Waals surface area contributed by atoms with E-state index in [-0.39, 0.29) is 21.2 Å². The van der Waals surface area contributed by atoms with Gasteiger partial charge in [0.2, 0.25) is 0 Å². The van der Waals surface area contributed by atoms with Crippen LogP contribution < -0.4 is 0 Å². The fraction of sp³-hybridized carbons (Fsp3) is 0.200. The molecule has 0 aliphatic rings. The second-order valence-electron chi connectivity index (χ2n) is 4.60. The van der Waals surface area contributed by atoms with E-state index in [2.05, 4.69) is 15.9 Å². The zero-order chi connectivity index (χ0) is 15.8. The molecule has 0 N–H and O–H groups in total. The first kappa shape index (κ1) is 16.0. The van der Waals surface area contributed by atoms with Crippen LogP contribution in [-0.4, -0.2) is 0 Å². The highest BCUT2D eigenvalue weighted by molar-refractivity contribution is 9.10. The molecule has 1 nitrogen and oxygen atoms in total. The van der Waals surface area contributed by atoms with Gasteiger partial charge in [-0.05, 0) is 46.1 Å². The average molecular weight is 362 g/mol. The Balaban J connectivity index is 2.48. The van der Waals surface area contributed by atoms with Gasteiger partial charge >= 0.3 is 6.18 Å². The van der Waals surface area contributed by atoms with Crippen molar-refractivity contribution in [3.8, 4) is 0 Å². The molecule has 2 aromatic carbocycles. The summed E-state index contributed by atoms with van der Waals surface area (Å²) in [5.74, 6) is -0.464. The van der Waals surface area contributed by atoms with Crippen LogP contribution in [0.15, 0.2) is 40.9 Å². The molecule has 6 heteroatoms. The zero-order valence-corrected chi connectivity index (χ0v) is 12.4. The standard InChI is InChI=1S/C15H10BrF4O/c1-8-7-9(5-6-12(8)17)14(21)10-3-2-4-11(13(10)16)15(18,19)20/h2-7,14H,1H3. The van der Waals surface area contributed by atoms with Crippen LogP contribution in [0.4, 0.5) is 17.6 Å². The highest BCUT2D eigenvalue weighted by Gasteiger charge is 2.34. The van der Waals surface area contributed by atoms with E-state index in [0.717, 1.165) is 12.1 Å². The molecule has 0 fully saturated rings. The molecule has 1 radical (unpaired) electrons. The van der Waals surface area contributed by atoms with Crippen LogP contribution in [0.1, 0.15) is 28.4 Å². The van der Waals surface area contributed by atoms with Gasteiger partial charge in [0.25, 0.3) is 0 Å². The van der Waals surface area contributed by atoms with Crippen LogP contribution >= 0.6 is 15.9 Å². The quantitative estimate of drug-likeness (QED) is 0.635. The SMILES string of the molecule is Cc1cc(C([O])c2cccc(C(F)(F)F)c2Br)ccc1F. The van der Waals surface area contributed by atoms with E-state index in [9.17, 15) is 22.7 Å². The lowest BCUT2D eigenvalue weighted by Crippen LogP contribution is -2.09. The lowest BCUT2D eigenvalue weighted by Gasteiger charge is -2.16. The van der Waals surface area contributed by atoms with E-state index in [4.69, 9.17) is 0 Å². The number of rotatable bonds is 2. The minimum atomic E-state index is -4.55. The molecule has 0 saturated carbocycles. The molecule has 2 aromatic rings. The molecule has 111 valence electrons. The predicted molar refractivity (Wildman–Crippen MR) is 72.8 cm³/mol. The van der Waals surface area contributed by atoms with E-state index in [0.29, 0.717) is 0 Å². The lowest BCUT2D eigenvalue weighted by molar-refractivity contribution is -0.138. The normalized spacial score (nSPS) is 13.3. The van der Waals surface area contributed by atoms with Gasteiger partial charge in [0.15, 0.2) is 0 Å². The van der Waals surface area contributed by atoms with Gasteiger partial charge in [0.05, 0.1) is 5.56 Å². The van der Waals surface area contributed by atoms with Crippen LogP contribution in [0.3, 0.4) is 0 Å². The van der Waals surface area contributed by atoms with Crippen molar-refractivity contribution in [3.63, 3.8) is 0 Å². The van der Waals surface area contributed by atoms with E-state index in [1.54, 1.807) is 0 Å². The minimum Gasteiger partial charge on any atom is -0.223 e. The molecule has 0 aliphatic heterocycles. The van der Waals surface area contributed by atoms with Crippen molar-refractivity contribution in [2.24, 2.45) is 0 Å². The van der Waals surface area contributed by atoms with Gasteiger partial charge in [-0.25, -0.2) is 9.50 Å². The largest absolute Gasteiger partial charge is 0.417 e. The fourth-order valence-corrected chi connectivity index (χ4v) is 2.68. The van der Waals surface area contributed by atoms with E-state index in [1.165, 1.54) is 31.2 Å². The maximum atomic E-state index is 13.2. The Hall–Kier alpha value is -1.40. The molecule has 0 amide bonds. The Kier molecular flexibility index (Phi) is 4.39. The maximum Gasteiger partial charge on any atom is 0.417 e. The maximum absolute atomic E-state index is 13.2. The molecule has 0 aliphatic carbocycles. The van der Waals surface area contributed by atoms with Gasteiger partial charge in [-0.2, -0.15) is 13.2 Å². The smallest absolute Gasteiger partial charge is 0.223 e. The van der Waals surface area contributed by atoms with E-state index in [1.807, 2.05) is 0 Å². The molecule has 0 heterocycles. The molecular weight excluding hydrogens is 352 g/mol. The van der Waals surface area contributed by atoms with Gasteiger partial charge < -0.3 is 0 Å². The van der Waals surface area contributed by atoms with Gasteiger partial charge in [-0.3, -0.25) is 0 Å². The topological polar surface area (TPSA) is 19.9 Å². The van der Waals surface area contributed by atoms with Crippen molar-refractivity contribution in [1.82, 2.24) is 0 Å². The van der Waals surface area contributed by atoms with Gasteiger partial charge in [0.1, 0.15) is 11.9 Å². The van der Waals surface area contributed by atoms with Crippen LogP contribution in [-0.2, 0) is 11.3 Å². The number of hydrogen-bond donors (Lipinski definition) is 0. The molecule has 1 unspecified atom stereocenters. The molecule has 1 atom stereocenters. The van der Waals surface area contributed by atoms with Gasteiger partial charge in [-0.1, -0.05) is 24.3 Å². The Morgan fingerprint density at radius 2 is 1.81 bits per heavy atom. The predicted octanol–water partition coefficient (Wildman–Crippen LogP) is 5.44. The molecule has 0 saturated heterocycles. The molecule has 0 bridgehead atoms. The zero-order valence-electron chi connectivity index (χ0n) is 10.8. The molecule has 2 rings (SSSR count). The van der Waals surface area contributed by atoms with Crippen LogP contribution in [0, 0.1) is 12.7 Å². The first-order valence-corrected chi connectivity index (χ1v) is 6.78. The Morgan fingerprint density at radius 3 is 2.38 bits per heavy atom. The van der Waals surface area contributed by atoms with E-state index >= 15 is 0 Å². The first-order valence-electron chi connectivity index (χ1n) is 5.99. The van der Waals surface area contributed by atoms with Crippen molar-refractivity contribution in [2.75, 3.05) is 0 Å². The summed E-state index contributed by atoms with van der Waals surface area (Å²) >= 11 is 2.85. The summed E-state index contributed by atoms with van der Waals surface area (Å²) in [7, 11) is 0. The molecule has 21 heavy (non-hydrogen) atoms. The van der Waals surface area contributed by atoms with Crippen molar-refractivity contribution < 1.29 is 22.7 Å². The number of aryl methyl sites for hydroxylation is 1. The fourth-order valence-electron chi connectivity index (χ4n) is 1.98. The summed E-state index contributed by atoms with van der Waals surface area (Å²) in [6.45, 7) is 1.49. The third-order valence-corrected chi connectivity index (χ3v) is 3.99. The number of hydrogen-bond acceptors (Lipinski definition) is 0. The van der Waals surface area contributed by atoms with Crippen LogP contribution in [0.25, 0.3) is 0 Å². The molecule has 0 spiro atoms. The van der Waals surface area contributed by atoms with E-state index < -0.39 is 23.7 Å². The summed E-state index contributed by atoms with van der Waals surface area (Å²) in [4.78, 5) is 0. The van der Waals surface area contributed by atoms with Crippen LogP contribution in [0.2, 0.25) is 0 Å². The van der Waals surface area contributed by atoms with Crippen molar-refractivity contribution in [2.45, 2.75) is 19.2 Å². The summed E-state index contributed by atoms with van der Waals surface area (Å²) in [5.41, 5.74) is -0.444. The number of alkyl halides is 3. The Labute approximate surface area is 127 Å². The van der Waals surface area contributed by atoms with Crippen molar-refractivity contribution in [3.05, 3.63) is 68.9 Å². The lowest BCUT2D eigenvalue weighted by atomic mass is 9.98. The summed E-state index contributed by atoms with van der Waals surface area (Å²) in [6.07, 6.45) is -6.08. The summed E-state index contributed by atoms with van der Waals surface area (Å²) < 4.78 is 51.4. The van der Waals surface area contributed by atoms with Gasteiger partial charge in [-0.15, -0.1) is 0 Å². The first-order chi connectivity index (χ1) is 9.71. The second kappa shape index (κ2) is 5.77. The second-order valence-corrected chi connectivity index (χ2v) is 5.39. The summed E-state index contributed by atoms with van der Waals surface area (Å²) in [5, 5.41) is 12.4. The summed E-state index contributed by atoms with van der Waals surface area (Å²) in [6, 6.07) is 7.18. The number of halogens is 5. The third kappa shape index (κ3) is 3.27. The minimum absolute atomic E-state index is 0.0316. The Morgan fingerprint density at radius 1 is 1.14 bits per heavy atom. The average Bonchev–Trinajstić information content (AvgIpc) is 2.40.